The average Bonchev–Trinajstić information content (AvgIpc) is 2.41. The second-order valence-electron chi connectivity index (χ2n) is 4.58. The standard InChI is InChI=1S/C13H22O2/c1-5-6-7-8-12(14)13-9(2)10(3)15-11(13)4/h5,9-11,13H,1,6-8H2,2-4H3. The molecule has 4 atom stereocenters. The van der Waals surface area contributed by atoms with E-state index in [9.17, 15) is 4.79 Å². The van der Waals surface area contributed by atoms with E-state index in [4.69, 9.17) is 4.74 Å². The summed E-state index contributed by atoms with van der Waals surface area (Å²) in [6.45, 7) is 9.84. The van der Waals surface area contributed by atoms with E-state index < -0.39 is 0 Å². The zero-order chi connectivity index (χ0) is 11.4. The van der Waals surface area contributed by atoms with Crippen LogP contribution in [0.2, 0.25) is 0 Å². The summed E-state index contributed by atoms with van der Waals surface area (Å²) >= 11 is 0. The smallest absolute Gasteiger partial charge is 0.138 e. The molecular formula is C13H22O2. The monoisotopic (exact) mass is 210 g/mol. The summed E-state index contributed by atoms with van der Waals surface area (Å²) in [5.74, 6) is 0.822. The van der Waals surface area contributed by atoms with Crippen LogP contribution in [0.4, 0.5) is 0 Å². The number of hydrogen-bond acceptors (Lipinski definition) is 2. The molecule has 4 unspecified atom stereocenters. The Morgan fingerprint density at radius 2 is 2.00 bits per heavy atom. The van der Waals surface area contributed by atoms with Crippen LogP contribution in [0.1, 0.15) is 40.0 Å². The van der Waals surface area contributed by atoms with Crippen molar-refractivity contribution in [3.05, 3.63) is 12.7 Å². The Labute approximate surface area is 92.7 Å². The van der Waals surface area contributed by atoms with E-state index in [0.29, 0.717) is 18.1 Å². The molecule has 0 radical (unpaired) electrons. The Kier molecular flexibility index (Phi) is 4.52. The number of rotatable bonds is 5. The van der Waals surface area contributed by atoms with Gasteiger partial charge in [-0.3, -0.25) is 4.79 Å². The highest BCUT2D eigenvalue weighted by Gasteiger charge is 2.40. The van der Waals surface area contributed by atoms with Crippen LogP contribution in [0, 0.1) is 11.8 Å². The van der Waals surface area contributed by atoms with Gasteiger partial charge in [-0.25, -0.2) is 0 Å². The molecule has 0 saturated carbocycles. The fourth-order valence-corrected chi connectivity index (χ4v) is 2.41. The van der Waals surface area contributed by atoms with Gasteiger partial charge in [0.1, 0.15) is 5.78 Å². The van der Waals surface area contributed by atoms with Crippen LogP contribution in [0.5, 0.6) is 0 Å². The summed E-state index contributed by atoms with van der Waals surface area (Å²) in [6, 6.07) is 0. The molecule has 0 N–H and O–H groups in total. The minimum Gasteiger partial charge on any atom is -0.375 e. The lowest BCUT2D eigenvalue weighted by atomic mass is 9.84. The predicted octanol–water partition coefficient (Wildman–Crippen LogP) is 2.97. The van der Waals surface area contributed by atoms with Crippen molar-refractivity contribution >= 4 is 5.78 Å². The number of unbranched alkanes of at least 4 members (excludes halogenated alkanes) is 1. The molecule has 0 aliphatic carbocycles. The third kappa shape index (κ3) is 2.91. The average molecular weight is 210 g/mol. The summed E-state index contributed by atoms with van der Waals surface area (Å²) in [5, 5.41) is 0. The van der Waals surface area contributed by atoms with Gasteiger partial charge in [0.15, 0.2) is 0 Å². The van der Waals surface area contributed by atoms with Gasteiger partial charge in [0.05, 0.1) is 12.2 Å². The quantitative estimate of drug-likeness (QED) is 0.515. The summed E-state index contributed by atoms with van der Waals surface area (Å²) < 4.78 is 5.67. The molecule has 1 saturated heterocycles. The number of hydrogen-bond donors (Lipinski definition) is 0. The van der Waals surface area contributed by atoms with Gasteiger partial charge in [-0.2, -0.15) is 0 Å². The first-order valence-corrected chi connectivity index (χ1v) is 5.87. The number of ether oxygens (including phenoxy) is 1. The Bertz CT molecular complexity index is 235. The Morgan fingerprint density at radius 1 is 1.33 bits per heavy atom. The predicted molar refractivity (Wildman–Crippen MR) is 61.7 cm³/mol. The van der Waals surface area contributed by atoms with E-state index in [1.807, 2.05) is 13.0 Å². The van der Waals surface area contributed by atoms with Gasteiger partial charge < -0.3 is 4.74 Å². The van der Waals surface area contributed by atoms with Crippen molar-refractivity contribution in [3.63, 3.8) is 0 Å². The van der Waals surface area contributed by atoms with Crippen molar-refractivity contribution in [1.82, 2.24) is 0 Å². The van der Waals surface area contributed by atoms with Gasteiger partial charge >= 0.3 is 0 Å². The maximum absolute atomic E-state index is 12.0. The number of carbonyl (C=O) groups excluding carboxylic acids is 1. The molecule has 86 valence electrons. The summed E-state index contributed by atoms with van der Waals surface area (Å²) in [7, 11) is 0. The minimum atomic E-state index is 0.0891. The molecule has 0 bridgehead atoms. The van der Waals surface area contributed by atoms with E-state index in [0.717, 1.165) is 12.8 Å². The second kappa shape index (κ2) is 5.45. The first-order valence-electron chi connectivity index (χ1n) is 5.87. The first-order chi connectivity index (χ1) is 7.07. The topological polar surface area (TPSA) is 26.3 Å². The van der Waals surface area contributed by atoms with E-state index in [1.54, 1.807) is 0 Å². The molecule has 1 aliphatic rings. The van der Waals surface area contributed by atoms with Crippen molar-refractivity contribution in [3.8, 4) is 0 Å². The van der Waals surface area contributed by atoms with Gasteiger partial charge in [-0.05, 0) is 32.6 Å². The van der Waals surface area contributed by atoms with Crippen LogP contribution >= 0.6 is 0 Å². The van der Waals surface area contributed by atoms with Gasteiger partial charge in [-0.1, -0.05) is 13.0 Å². The highest BCUT2D eigenvalue weighted by Crippen LogP contribution is 2.33. The highest BCUT2D eigenvalue weighted by molar-refractivity contribution is 5.82. The first kappa shape index (κ1) is 12.4. The van der Waals surface area contributed by atoms with Crippen LogP contribution in [-0.2, 0) is 9.53 Å². The third-order valence-electron chi connectivity index (χ3n) is 3.45. The number of carbonyl (C=O) groups is 1. The van der Waals surface area contributed by atoms with Crippen LogP contribution in [-0.4, -0.2) is 18.0 Å². The molecule has 0 spiro atoms. The van der Waals surface area contributed by atoms with Crippen LogP contribution in [0.3, 0.4) is 0 Å². The van der Waals surface area contributed by atoms with Crippen LogP contribution in [0.25, 0.3) is 0 Å². The minimum absolute atomic E-state index is 0.0891. The lowest BCUT2D eigenvalue weighted by molar-refractivity contribution is -0.125. The van der Waals surface area contributed by atoms with E-state index >= 15 is 0 Å². The second-order valence-corrected chi connectivity index (χ2v) is 4.58. The molecule has 2 heteroatoms. The number of Topliss-reactive ketones (excluding diaryl/α,β-unsaturated/α-hetero) is 1. The lowest BCUT2D eigenvalue weighted by Gasteiger charge is -2.16. The zero-order valence-corrected chi connectivity index (χ0v) is 10.0. The molecular weight excluding hydrogens is 188 g/mol. The van der Waals surface area contributed by atoms with E-state index in [1.165, 1.54) is 0 Å². The highest BCUT2D eigenvalue weighted by atomic mass is 16.5. The molecule has 1 fully saturated rings. The van der Waals surface area contributed by atoms with Gasteiger partial charge in [0.25, 0.3) is 0 Å². The van der Waals surface area contributed by atoms with Gasteiger partial charge in [0, 0.05) is 12.3 Å². The molecule has 0 amide bonds. The fourth-order valence-electron chi connectivity index (χ4n) is 2.41. The summed E-state index contributed by atoms with van der Waals surface area (Å²) in [6.07, 6.45) is 4.69. The van der Waals surface area contributed by atoms with E-state index in [-0.39, 0.29) is 18.1 Å². The maximum atomic E-state index is 12.0. The largest absolute Gasteiger partial charge is 0.375 e. The summed E-state index contributed by atoms with van der Waals surface area (Å²) in [5.41, 5.74) is 0. The fraction of sp³-hybridized carbons (Fsp3) is 0.769. The molecule has 1 rings (SSSR count). The third-order valence-corrected chi connectivity index (χ3v) is 3.45. The normalized spacial score (nSPS) is 35.4. The Balaban J connectivity index is 2.47. The van der Waals surface area contributed by atoms with Gasteiger partial charge in [-0.15, -0.1) is 6.58 Å². The molecule has 1 aliphatic heterocycles. The number of allylic oxidation sites excluding steroid dienone is 1. The van der Waals surface area contributed by atoms with Crippen molar-refractivity contribution in [2.45, 2.75) is 52.2 Å². The van der Waals surface area contributed by atoms with Crippen LogP contribution < -0.4 is 0 Å². The molecule has 0 aromatic heterocycles. The molecule has 2 nitrogen and oxygen atoms in total. The van der Waals surface area contributed by atoms with Crippen molar-refractivity contribution < 1.29 is 9.53 Å². The SMILES string of the molecule is C=CCCCC(=O)C1C(C)OC(C)C1C. The molecule has 0 aromatic carbocycles. The lowest BCUT2D eigenvalue weighted by Crippen LogP contribution is -2.26. The van der Waals surface area contributed by atoms with Crippen molar-refractivity contribution in [2.24, 2.45) is 11.8 Å². The summed E-state index contributed by atoms with van der Waals surface area (Å²) in [4.78, 5) is 12.0. The molecule has 15 heavy (non-hydrogen) atoms. The Morgan fingerprint density at radius 3 is 2.47 bits per heavy atom. The maximum Gasteiger partial charge on any atom is 0.138 e. The van der Waals surface area contributed by atoms with Crippen molar-refractivity contribution in [2.75, 3.05) is 0 Å². The molecule has 0 aromatic rings. The Hall–Kier alpha value is -0.630. The zero-order valence-electron chi connectivity index (χ0n) is 10.0. The van der Waals surface area contributed by atoms with E-state index in [2.05, 4.69) is 20.4 Å². The van der Waals surface area contributed by atoms with Gasteiger partial charge in [0.2, 0.25) is 0 Å². The molecule has 1 heterocycles. The van der Waals surface area contributed by atoms with Crippen molar-refractivity contribution in [1.29, 1.82) is 0 Å². The number of ketones is 1. The van der Waals surface area contributed by atoms with Crippen LogP contribution in [0.15, 0.2) is 12.7 Å².